The standard InChI is InChI=1S/C15H20ClN3O/c1-2-7-19-13-4-3-11(16)10-12(13)18-14(19)15(17)5-8-20-9-6-15/h3-4,10H,2,5-9,17H2,1H3. The first-order valence-electron chi connectivity index (χ1n) is 7.17. The number of hydrogen-bond donors (Lipinski definition) is 1. The Bertz CT molecular complexity index is 617. The molecule has 0 bridgehead atoms. The van der Waals surface area contributed by atoms with Crippen molar-refractivity contribution >= 4 is 22.6 Å². The predicted molar refractivity (Wildman–Crippen MR) is 81.0 cm³/mol. The molecule has 0 radical (unpaired) electrons. The van der Waals surface area contributed by atoms with Gasteiger partial charge in [0.1, 0.15) is 5.82 Å². The second-order valence-corrected chi connectivity index (χ2v) is 5.93. The summed E-state index contributed by atoms with van der Waals surface area (Å²) in [7, 11) is 0. The van der Waals surface area contributed by atoms with Crippen LogP contribution in [0.5, 0.6) is 0 Å². The maximum Gasteiger partial charge on any atom is 0.130 e. The molecule has 1 fully saturated rings. The minimum atomic E-state index is -0.390. The Labute approximate surface area is 123 Å². The van der Waals surface area contributed by atoms with Gasteiger partial charge in [-0.2, -0.15) is 0 Å². The molecule has 108 valence electrons. The summed E-state index contributed by atoms with van der Waals surface area (Å²) in [5.41, 5.74) is 8.27. The van der Waals surface area contributed by atoms with E-state index in [2.05, 4.69) is 11.5 Å². The molecule has 0 amide bonds. The summed E-state index contributed by atoms with van der Waals surface area (Å²) in [6.45, 7) is 4.49. The van der Waals surface area contributed by atoms with E-state index in [1.165, 1.54) is 0 Å². The SMILES string of the molecule is CCCn1c(C2(N)CCOCC2)nc2cc(Cl)ccc21. The Morgan fingerprint density at radius 2 is 2.15 bits per heavy atom. The number of aromatic nitrogens is 2. The molecule has 1 saturated heterocycles. The number of halogens is 1. The molecule has 2 aromatic rings. The van der Waals surface area contributed by atoms with Crippen molar-refractivity contribution in [2.45, 2.75) is 38.3 Å². The lowest BCUT2D eigenvalue weighted by Crippen LogP contribution is -2.44. The summed E-state index contributed by atoms with van der Waals surface area (Å²) >= 11 is 6.08. The quantitative estimate of drug-likeness (QED) is 0.946. The molecule has 0 saturated carbocycles. The van der Waals surface area contributed by atoms with Crippen LogP contribution in [0.25, 0.3) is 11.0 Å². The molecule has 4 nitrogen and oxygen atoms in total. The molecule has 5 heteroatoms. The Hall–Kier alpha value is -1.10. The average molecular weight is 294 g/mol. The van der Waals surface area contributed by atoms with Gasteiger partial charge in [0.15, 0.2) is 0 Å². The van der Waals surface area contributed by atoms with Crippen molar-refractivity contribution in [1.82, 2.24) is 9.55 Å². The van der Waals surface area contributed by atoms with Gasteiger partial charge in [-0.15, -0.1) is 0 Å². The highest BCUT2D eigenvalue weighted by Gasteiger charge is 2.35. The smallest absolute Gasteiger partial charge is 0.130 e. The van der Waals surface area contributed by atoms with Gasteiger partial charge in [-0.25, -0.2) is 4.98 Å². The third-order valence-electron chi connectivity index (χ3n) is 3.99. The Kier molecular flexibility index (Phi) is 3.71. The Morgan fingerprint density at radius 3 is 2.85 bits per heavy atom. The molecule has 0 spiro atoms. The lowest BCUT2D eigenvalue weighted by atomic mass is 9.90. The summed E-state index contributed by atoms with van der Waals surface area (Å²) in [6.07, 6.45) is 2.68. The minimum Gasteiger partial charge on any atom is -0.381 e. The van der Waals surface area contributed by atoms with Gasteiger partial charge >= 0.3 is 0 Å². The van der Waals surface area contributed by atoms with E-state index < -0.39 is 0 Å². The van der Waals surface area contributed by atoms with Crippen LogP contribution in [0.1, 0.15) is 32.0 Å². The molecule has 0 atom stereocenters. The maximum atomic E-state index is 6.62. The molecule has 1 aromatic heterocycles. The Balaban J connectivity index is 2.15. The van der Waals surface area contributed by atoms with Crippen LogP contribution in [0.4, 0.5) is 0 Å². The molecular formula is C15H20ClN3O. The first kappa shape index (κ1) is 13.9. The number of benzene rings is 1. The van der Waals surface area contributed by atoms with E-state index >= 15 is 0 Å². The van der Waals surface area contributed by atoms with Crippen LogP contribution in [0.2, 0.25) is 5.02 Å². The normalized spacial score (nSPS) is 18.6. The fourth-order valence-electron chi connectivity index (χ4n) is 2.89. The van der Waals surface area contributed by atoms with Crippen molar-refractivity contribution in [3.05, 3.63) is 29.0 Å². The number of nitrogens with two attached hydrogens (primary N) is 1. The number of imidazole rings is 1. The Morgan fingerprint density at radius 1 is 1.40 bits per heavy atom. The van der Waals surface area contributed by atoms with E-state index in [-0.39, 0.29) is 5.54 Å². The third-order valence-corrected chi connectivity index (χ3v) is 4.22. The fourth-order valence-corrected chi connectivity index (χ4v) is 3.06. The molecule has 1 aliphatic rings. The van der Waals surface area contributed by atoms with Gasteiger partial charge in [0, 0.05) is 24.8 Å². The minimum absolute atomic E-state index is 0.390. The highest BCUT2D eigenvalue weighted by Crippen LogP contribution is 2.32. The molecule has 1 aliphatic heterocycles. The van der Waals surface area contributed by atoms with Gasteiger partial charge in [0.25, 0.3) is 0 Å². The van der Waals surface area contributed by atoms with E-state index in [9.17, 15) is 0 Å². The molecular weight excluding hydrogens is 274 g/mol. The van der Waals surface area contributed by atoms with Crippen LogP contribution in [-0.4, -0.2) is 22.8 Å². The highest BCUT2D eigenvalue weighted by atomic mass is 35.5. The van der Waals surface area contributed by atoms with Crippen LogP contribution in [0.15, 0.2) is 18.2 Å². The van der Waals surface area contributed by atoms with E-state index in [4.69, 9.17) is 27.1 Å². The molecule has 0 unspecified atom stereocenters. The first-order valence-corrected chi connectivity index (χ1v) is 7.55. The van der Waals surface area contributed by atoms with E-state index in [0.717, 1.165) is 42.7 Å². The zero-order chi connectivity index (χ0) is 14.2. The number of aryl methyl sites for hydroxylation is 1. The van der Waals surface area contributed by atoms with Crippen molar-refractivity contribution in [3.8, 4) is 0 Å². The van der Waals surface area contributed by atoms with Crippen molar-refractivity contribution in [2.75, 3.05) is 13.2 Å². The summed E-state index contributed by atoms with van der Waals surface area (Å²) in [5.74, 6) is 0.972. The van der Waals surface area contributed by atoms with Crippen LogP contribution >= 0.6 is 11.6 Å². The first-order chi connectivity index (χ1) is 9.64. The van der Waals surface area contributed by atoms with Crippen molar-refractivity contribution in [3.63, 3.8) is 0 Å². The van der Waals surface area contributed by atoms with Crippen LogP contribution in [-0.2, 0) is 16.8 Å². The monoisotopic (exact) mass is 293 g/mol. The van der Waals surface area contributed by atoms with Gasteiger partial charge in [-0.1, -0.05) is 18.5 Å². The maximum absolute atomic E-state index is 6.62. The third kappa shape index (κ3) is 2.32. The highest BCUT2D eigenvalue weighted by molar-refractivity contribution is 6.31. The molecule has 1 aromatic carbocycles. The van der Waals surface area contributed by atoms with E-state index in [1.54, 1.807) is 0 Å². The van der Waals surface area contributed by atoms with Crippen molar-refractivity contribution in [1.29, 1.82) is 0 Å². The van der Waals surface area contributed by atoms with Crippen LogP contribution in [0, 0.1) is 0 Å². The van der Waals surface area contributed by atoms with E-state index in [1.807, 2.05) is 18.2 Å². The lowest BCUT2D eigenvalue weighted by molar-refractivity contribution is 0.0480. The van der Waals surface area contributed by atoms with Crippen LogP contribution < -0.4 is 5.73 Å². The lowest BCUT2D eigenvalue weighted by Gasteiger charge is -2.33. The molecule has 2 heterocycles. The second-order valence-electron chi connectivity index (χ2n) is 5.49. The largest absolute Gasteiger partial charge is 0.381 e. The molecule has 3 rings (SSSR count). The molecule has 0 aliphatic carbocycles. The van der Waals surface area contributed by atoms with Gasteiger partial charge < -0.3 is 15.0 Å². The summed E-state index contributed by atoms with van der Waals surface area (Å²) in [5, 5.41) is 0.711. The van der Waals surface area contributed by atoms with E-state index in [0.29, 0.717) is 18.2 Å². The zero-order valence-electron chi connectivity index (χ0n) is 11.7. The van der Waals surface area contributed by atoms with Gasteiger partial charge in [-0.3, -0.25) is 0 Å². The summed E-state index contributed by atoms with van der Waals surface area (Å²) in [6, 6.07) is 5.86. The second kappa shape index (κ2) is 5.35. The fraction of sp³-hybridized carbons (Fsp3) is 0.533. The number of nitrogens with zero attached hydrogens (tertiary/aromatic N) is 2. The molecule has 20 heavy (non-hydrogen) atoms. The average Bonchev–Trinajstić information content (AvgIpc) is 2.79. The van der Waals surface area contributed by atoms with Crippen molar-refractivity contribution in [2.24, 2.45) is 5.73 Å². The van der Waals surface area contributed by atoms with Gasteiger partial charge in [-0.05, 0) is 37.5 Å². The summed E-state index contributed by atoms with van der Waals surface area (Å²) in [4.78, 5) is 4.79. The number of ether oxygens (including phenoxy) is 1. The number of hydrogen-bond acceptors (Lipinski definition) is 3. The number of rotatable bonds is 3. The number of fused-ring (bicyclic) bond motifs is 1. The topological polar surface area (TPSA) is 53.1 Å². The van der Waals surface area contributed by atoms with Gasteiger partial charge in [0.2, 0.25) is 0 Å². The molecule has 2 N–H and O–H groups in total. The van der Waals surface area contributed by atoms with Gasteiger partial charge in [0.05, 0.1) is 16.6 Å². The predicted octanol–water partition coefficient (Wildman–Crippen LogP) is 3.06. The van der Waals surface area contributed by atoms with Crippen LogP contribution in [0.3, 0.4) is 0 Å². The zero-order valence-corrected chi connectivity index (χ0v) is 12.5. The van der Waals surface area contributed by atoms with Crippen molar-refractivity contribution < 1.29 is 4.74 Å². The summed E-state index contributed by atoms with van der Waals surface area (Å²) < 4.78 is 7.69.